The Morgan fingerprint density at radius 2 is 2.19 bits per heavy atom. The zero-order valence-corrected chi connectivity index (χ0v) is 10.4. The van der Waals surface area contributed by atoms with Gasteiger partial charge in [-0.1, -0.05) is 0 Å². The molecule has 1 heterocycles. The van der Waals surface area contributed by atoms with Gasteiger partial charge in [-0.05, 0) is 19.3 Å². The van der Waals surface area contributed by atoms with Crippen LogP contribution in [0.25, 0.3) is 0 Å². The smallest absolute Gasteiger partial charge is 0.237 e. The third-order valence-electron chi connectivity index (χ3n) is 2.70. The molecule has 0 spiro atoms. The van der Waals surface area contributed by atoms with Crippen LogP contribution in [-0.4, -0.2) is 47.4 Å². The minimum atomic E-state index is -0.694. The van der Waals surface area contributed by atoms with Crippen LogP contribution in [0.5, 0.6) is 0 Å². The quantitative estimate of drug-likeness (QED) is 0.679. The molecular formula is C10H20N2O3S. The maximum absolute atomic E-state index is 11.6. The van der Waals surface area contributed by atoms with Gasteiger partial charge in [0.1, 0.15) is 0 Å². The van der Waals surface area contributed by atoms with Gasteiger partial charge in [-0.3, -0.25) is 9.00 Å². The molecule has 1 rings (SSSR count). The van der Waals surface area contributed by atoms with E-state index in [1.165, 1.54) is 0 Å². The van der Waals surface area contributed by atoms with Crippen molar-refractivity contribution in [3.63, 3.8) is 0 Å². The SMILES string of the molecule is COCCC(N)C(=O)NC1CCS(=O)CC1. The third-order valence-corrected chi connectivity index (χ3v) is 4.09. The molecule has 1 amide bonds. The molecule has 6 heteroatoms. The van der Waals surface area contributed by atoms with Gasteiger partial charge in [-0.25, -0.2) is 0 Å². The van der Waals surface area contributed by atoms with Crippen molar-refractivity contribution in [3.05, 3.63) is 0 Å². The molecule has 1 saturated heterocycles. The van der Waals surface area contributed by atoms with E-state index in [0.717, 1.165) is 12.8 Å². The molecule has 16 heavy (non-hydrogen) atoms. The Hall–Kier alpha value is -0.460. The van der Waals surface area contributed by atoms with E-state index in [-0.39, 0.29) is 11.9 Å². The second-order valence-corrected chi connectivity index (χ2v) is 5.72. The molecular weight excluding hydrogens is 228 g/mol. The fourth-order valence-electron chi connectivity index (χ4n) is 1.62. The van der Waals surface area contributed by atoms with Crippen molar-refractivity contribution in [1.29, 1.82) is 0 Å². The minimum absolute atomic E-state index is 0.130. The molecule has 94 valence electrons. The van der Waals surface area contributed by atoms with E-state index in [2.05, 4.69) is 5.32 Å². The van der Waals surface area contributed by atoms with Crippen LogP contribution in [0.15, 0.2) is 0 Å². The highest BCUT2D eigenvalue weighted by Crippen LogP contribution is 2.09. The van der Waals surface area contributed by atoms with E-state index >= 15 is 0 Å². The predicted molar refractivity (Wildman–Crippen MR) is 63.5 cm³/mol. The number of methoxy groups -OCH3 is 1. The van der Waals surface area contributed by atoms with Crippen LogP contribution in [0, 0.1) is 0 Å². The van der Waals surface area contributed by atoms with Crippen molar-refractivity contribution >= 4 is 16.7 Å². The number of carbonyl (C=O) groups excluding carboxylic acids is 1. The number of nitrogens with two attached hydrogens (primary N) is 1. The molecule has 1 aliphatic rings. The highest BCUT2D eigenvalue weighted by molar-refractivity contribution is 7.85. The number of hydrogen-bond acceptors (Lipinski definition) is 4. The molecule has 1 atom stereocenters. The van der Waals surface area contributed by atoms with Gasteiger partial charge >= 0.3 is 0 Å². The average molecular weight is 248 g/mol. The van der Waals surface area contributed by atoms with Gasteiger partial charge in [0.05, 0.1) is 6.04 Å². The number of nitrogens with one attached hydrogen (secondary N) is 1. The molecule has 5 nitrogen and oxygen atoms in total. The van der Waals surface area contributed by atoms with Gasteiger partial charge in [-0.15, -0.1) is 0 Å². The predicted octanol–water partition coefficient (Wildman–Crippen LogP) is -0.622. The largest absolute Gasteiger partial charge is 0.385 e. The van der Waals surface area contributed by atoms with Crippen LogP contribution in [0.3, 0.4) is 0 Å². The lowest BCUT2D eigenvalue weighted by Gasteiger charge is -2.24. The standard InChI is InChI=1S/C10H20N2O3S/c1-15-5-2-9(11)10(13)12-8-3-6-16(14)7-4-8/h8-9H,2-7,11H2,1H3,(H,12,13). The lowest BCUT2D eigenvalue weighted by Crippen LogP contribution is -2.47. The number of rotatable bonds is 5. The van der Waals surface area contributed by atoms with E-state index in [1.54, 1.807) is 7.11 Å². The molecule has 0 aromatic carbocycles. The molecule has 0 bridgehead atoms. The van der Waals surface area contributed by atoms with Crippen LogP contribution in [0.4, 0.5) is 0 Å². The first-order chi connectivity index (χ1) is 7.63. The number of amides is 1. The second kappa shape index (κ2) is 6.98. The fourth-order valence-corrected chi connectivity index (χ4v) is 2.92. The topological polar surface area (TPSA) is 81.4 Å². The van der Waals surface area contributed by atoms with Gasteiger partial charge in [0.15, 0.2) is 0 Å². The van der Waals surface area contributed by atoms with Crippen LogP contribution in [0.1, 0.15) is 19.3 Å². The van der Waals surface area contributed by atoms with Crippen LogP contribution in [-0.2, 0) is 20.3 Å². The highest BCUT2D eigenvalue weighted by atomic mass is 32.2. The summed E-state index contributed by atoms with van der Waals surface area (Å²) >= 11 is 0. The van der Waals surface area contributed by atoms with Crippen LogP contribution in [0.2, 0.25) is 0 Å². The van der Waals surface area contributed by atoms with Gasteiger partial charge in [0.25, 0.3) is 0 Å². The van der Waals surface area contributed by atoms with Crippen molar-refractivity contribution in [2.24, 2.45) is 5.73 Å². The molecule has 0 aromatic rings. The molecule has 3 N–H and O–H groups in total. The summed E-state index contributed by atoms with van der Waals surface area (Å²) in [5.74, 6) is 1.23. The molecule has 0 aliphatic carbocycles. The summed E-state index contributed by atoms with van der Waals surface area (Å²) in [6.45, 7) is 0.489. The van der Waals surface area contributed by atoms with Gasteiger partial charge in [-0.2, -0.15) is 0 Å². The van der Waals surface area contributed by atoms with E-state index in [9.17, 15) is 9.00 Å². The molecule has 1 fully saturated rings. The van der Waals surface area contributed by atoms with Gasteiger partial charge in [0, 0.05) is 42.1 Å². The van der Waals surface area contributed by atoms with E-state index in [4.69, 9.17) is 10.5 Å². The lowest BCUT2D eigenvalue weighted by molar-refractivity contribution is -0.123. The average Bonchev–Trinajstić information content (AvgIpc) is 2.29. The number of carbonyl (C=O) groups is 1. The fraction of sp³-hybridized carbons (Fsp3) is 0.900. The van der Waals surface area contributed by atoms with Gasteiger partial charge < -0.3 is 15.8 Å². The summed E-state index contributed by atoms with van der Waals surface area (Å²) in [5.41, 5.74) is 5.70. The summed E-state index contributed by atoms with van der Waals surface area (Å²) in [6, 6.07) is -0.369. The molecule has 0 aromatic heterocycles. The second-order valence-electron chi connectivity index (χ2n) is 4.02. The highest BCUT2D eigenvalue weighted by Gasteiger charge is 2.21. The Labute approximate surface area is 98.6 Å². The van der Waals surface area contributed by atoms with E-state index in [0.29, 0.717) is 24.5 Å². The molecule has 0 saturated carbocycles. The summed E-state index contributed by atoms with van der Waals surface area (Å²) in [7, 11) is 0.891. The summed E-state index contributed by atoms with van der Waals surface area (Å²) in [6.07, 6.45) is 2.10. The Kier molecular flexibility index (Phi) is 5.94. The van der Waals surface area contributed by atoms with E-state index < -0.39 is 16.8 Å². The van der Waals surface area contributed by atoms with Crippen LogP contribution < -0.4 is 11.1 Å². The van der Waals surface area contributed by atoms with Crippen molar-refractivity contribution in [2.75, 3.05) is 25.2 Å². The first kappa shape index (κ1) is 13.6. The molecule has 1 unspecified atom stereocenters. The maximum Gasteiger partial charge on any atom is 0.237 e. The Morgan fingerprint density at radius 3 is 2.75 bits per heavy atom. The van der Waals surface area contributed by atoms with Crippen molar-refractivity contribution in [3.8, 4) is 0 Å². The summed E-state index contributed by atoms with van der Waals surface area (Å²) in [4.78, 5) is 11.6. The van der Waals surface area contributed by atoms with Crippen molar-refractivity contribution in [1.82, 2.24) is 5.32 Å². The molecule has 1 aliphatic heterocycles. The Morgan fingerprint density at radius 1 is 1.56 bits per heavy atom. The van der Waals surface area contributed by atoms with Crippen molar-refractivity contribution in [2.45, 2.75) is 31.3 Å². The summed E-state index contributed by atoms with van der Waals surface area (Å²) in [5, 5.41) is 2.89. The summed E-state index contributed by atoms with van der Waals surface area (Å²) < 4.78 is 16.0. The van der Waals surface area contributed by atoms with Gasteiger partial charge in [0.2, 0.25) is 5.91 Å². The lowest BCUT2D eigenvalue weighted by atomic mass is 10.1. The maximum atomic E-state index is 11.6. The number of hydrogen-bond donors (Lipinski definition) is 2. The number of ether oxygens (including phenoxy) is 1. The first-order valence-corrected chi connectivity index (χ1v) is 7.02. The zero-order chi connectivity index (χ0) is 12.0. The Bertz CT molecular complexity index is 250. The molecule has 0 radical (unpaired) electrons. The monoisotopic (exact) mass is 248 g/mol. The van der Waals surface area contributed by atoms with Crippen LogP contribution >= 0.6 is 0 Å². The Balaban J connectivity index is 2.25. The van der Waals surface area contributed by atoms with E-state index in [1.807, 2.05) is 0 Å². The first-order valence-electron chi connectivity index (χ1n) is 5.53. The normalized spacial score (nSPS) is 27.4. The zero-order valence-electron chi connectivity index (χ0n) is 9.61. The third kappa shape index (κ3) is 4.59. The minimum Gasteiger partial charge on any atom is -0.385 e. The van der Waals surface area contributed by atoms with Crippen molar-refractivity contribution < 1.29 is 13.7 Å².